The summed E-state index contributed by atoms with van der Waals surface area (Å²) in [5, 5.41) is 13.6. The summed E-state index contributed by atoms with van der Waals surface area (Å²) in [6.45, 7) is 4.54. The molecule has 0 saturated heterocycles. The third-order valence-corrected chi connectivity index (χ3v) is 3.87. The van der Waals surface area contributed by atoms with Gasteiger partial charge in [0.2, 0.25) is 0 Å². The van der Waals surface area contributed by atoms with E-state index < -0.39 is 10.8 Å². The molecule has 0 saturated carbocycles. The van der Waals surface area contributed by atoms with Gasteiger partial charge in [0.25, 0.3) is 11.6 Å². The minimum Gasteiger partial charge on any atom is -0.492 e. The Kier molecular flexibility index (Phi) is 5.76. The van der Waals surface area contributed by atoms with Gasteiger partial charge in [0.1, 0.15) is 12.4 Å². The molecule has 0 aliphatic rings. The van der Waals surface area contributed by atoms with Gasteiger partial charge in [0.15, 0.2) is 0 Å². The molecule has 0 aliphatic carbocycles. The van der Waals surface area contributed by atoms with Crippen LogP contribution >= 0.6 is 11.6 Å². The number of rotatable bonds is 6. The summed E-state index contributed by atoms with van der Waals surface area (Å²) in [6, 6.07) is 9.49. The van der Waals surface area contributed by atoms with Crippen LogP contribution in [0.1, 0.15) is 21.5 Å². The van der Waals surface area contributed by atoms with Gasteiger partial charge in [-0.05, 0) is 43.2 Å². The molecule has 7 heteroatoms. The number of halogens is 1. The fourth-order valence-electron chi connectivity index (χ4n) is 2.03. The number of hydrogen-bond donors (Lipinski definition) is 1. The Balaban J connectivity index is 1.90. The van der Waals surface area contributed by atoms with E-state index in [1.54, 1.807) is 0 Å². The van der Waals surface area contributed by atoms with E-state index in [9.17, 15) is 14.9 Å². The maximum Gasteiger partial charge on any atom is 0.270 e. The van der Waals surface area contributed by atoms with E-state index in [1.807, 2.05) is 32.0 Å². The van der Waals surface area contributed by atoms with Gasteiger partial charge in [0.05, 0.1) is 22.1 Å². The van der Waals surface area contributed by atoms with Crippen molar-refractivity contribution >= 4 is 23.2 Å². The number of carbonyl (C=O) groups is 1. The van der Waals surface area contributed by atoms with Gasteiger partial charge >= 0.3 is 0 Å². The van der Waals surface area contributed by atoms with E-state index in [1.165, 1.54) is 17.7 Å². The van der Waals surface area contributed by atoms with Gasteiger partial charge in [-0.2, -0.15) is 0 Å². The van der Waals surface area contributed by atoms with Gasteiger partial charge < -0.3 is 10.1 Å². The van der Waals surface area contributed by atoms with Crippen molar-refractivity contribution in [2.45, 2.75) is 13.8 Å². The largest absolute Gasteiger partial charge is 0.492 e. The average molecular weight is 349 g/mol. The van der Waals surface area contributed by atoms with Crippen molar-refractivity contribution in [3.8, 4) is 5.75 Å². The third kappa shape index (κ3) is 4.45. The number of carbonyl (C=O) groups excluding carboxylic acids is 1. The quantitative estimate of drug-likeness (QED) is 0.490. The SMILES string of the molecule is Cc1ccc(OCCNC(=O)c2cc([N+](=O)[O-])ccc2Cl)cc1C. The summed E-state index contributed by atoms with van der Waals surface area (Å²) < 4.78 is 5.56. The minimum atomic E-state index is -0.573. The molecule has 1 N–H and O–H groups in total. The van der Waals surface area contributed by atoms with Crippen molar-refractivity contribution in [1.82, 2.24) is 5.32 Å². The van der Waals surface area contributed by atoms with Crippen molar-refractivity contribution in [3.05, 3.63) is 68.2 Å². The number of ether oxygens (including phenoxy) is 1. The summed E-state index contributed by atoms with van der Waals surface area (Å²) in [5.41, 5.74) is 2.18. The van der Waals surface area contributed by atoms with Crippen LogP contribution in [0.2, 0.25) is 5.02 Å². The molecule has 0 radical (unpaired) electrons. The lowest BCUT2D eigenvalue weighted by Crippen LogP contribution is -2.28. The van der Waals surface area contributed by atoms with E-state index in [-0.39, 0.29) is 29.4 Å². The molecule has 0 spiro atoms. The molecule has 126 valence electrons. The second-order valence-electron chi connectivity index (χ2n) is 5.27. The number of nitro groups is 1. The second-order valence-corrected chi connectivity index (χ2v) is 5.68. The van der Waals surface area contributed by atoms with Crippen LogP contribution in [0, 0.1) is 24.0 Å². The zero-order chi connectivity index (χ0) is 17.7. The first-order valence-electron chi connectivity index (χ1n) is 7.30. The molecule has 2 aromatic rings. The molecule has 6 nitrogen and oxygen atoms in total. The number of amides is 1. The fourth-order valence-corrected chi connectivity index (χ4v) is 2.24. The minimum absolute atomic E-state index is 0.0667. The fraction of sp³-hybridized carbons (Fsp3) is 0.235. The van der Waals surface area contributed by atoms with Crippen LogP contribution in [0.5, 0.6) is 5.75 Å². The number of aryl methyl sites for hydroxylation is 2. The number of non-ortho nitro benzene ring substituents is 1. The van der Waals surface area contributed by atoms with Gasteiger partial charge in [-0.1, -0.05) is 17.7 Å². The predicted octanol–water partition coefficient (Wildman–Crippen LogP) is 3.67. The van der Waals surface area contributed by atoms with Gasteiger partial charge in [-0.15, -0.1) is 0 Å². The van der Waals surface area contributed by atoms with Gasteiger partial charge in [0, 0.05) is 12.1 Å². The van der Waals surface area contributed by atoms with Crippen LogP contribution in [-0.2, 0) is 0 Å². The number of nitro benzene ring substituents is 1. The van der Waals surface area contributed by atoms with E-state index in [0.717, 1.165) is 17.4 Å². The van der Waals surface area contributed by atoms with E-state index in [0.29, 0.717) is 0 Å². The number of nitrogens with zero attached hydrogens (tertiary/aromatic N) is 1. The monoisotopic (exact) mass is 348 g/mol. The Hall–Kier alpha value is -2.60. The third-order valence-electron chi connectivity index (χ3n) is 3.54. The molecule has 0 bridgehead atoms. The molecule has 0 fully saturated rings. The number of benzene rings is 2. The average Bonchev–Trinajstić information content (AvgIpc) is 2.54. The topological polar surface area (TPSA) is 81.5 Å². The molecule has 2 aromatic carbocycles. The standard InChI is InChI=1S/C17H17ClN2O4/c1-11-3-5-14(9-12(11)2)24-8-7-19-17(21)15-10-13(20(22)23)4-6-16(15)18/h3-6,9-10H,7-8H2,1-2H3,(H,19,21). The van der Waals surface area contributed by atoms with Crippen molar-refractivity contribution in [2.75, 3.05) is 13.2 Å². The molecular formula is C17H17ClN2O4. The maximum atomic E-state index is 12.1. The molecule has 0 heterocycles. The van der Waals surface area contributed by atoms with E-state index in [2.05, 4.69) is 5.32 Å². The zero-order valence-electron chi connectivity index (χ0n) is 13.3. The van der Waals surface area contributed by atoms with E-state index >= 15 is 0 Å². The van der Waals surface area contributed by atoms with Crippen LogP contribution in [0.4, 0.5) is 5.69 Å². The zero-order valence-corrected chi connectivity index (χ0v) is 14.1. The lowest BCUT2D eigenvalue weighted by Gasteiger charge is -2.10. The molecule has 0 aliphatic heterocycles. The first kappa shape index (κ1) is 17.7. The molecular weight excluding hydrogens is 332 g/mol. The van der Waals surface area contributed by atoms with Crippen molar-refractivity contribution in [3.63, 3.8) is 0 Å². The van der Waals surface area contributed by atoms with Crippen molar-refractivity contribution in [1.29, 1.82) is 0 Å². The molecule has 0 atom stereocenters. The van der Waals surface area contributed by atoms with Crippen molar-refractivity contribution in [2.24, 2.45) is 0 Å². The molecule has 1 amide bonds. The van der Waals surface area contributed by atoms with Crippen LogP contribution in [-0.4, -0.2) is 24.0 Å². The van der Waals surface area contributed by atoms with Crippen LogP contribution in [0.25, 0.3) is 0 Å². The first-order chi connectivity index (χ1) is 11.4. The highest BCUT2D eigenvalue weighted by Crippen LogP contribution is 2.22. The summed E-state index contributed by atoms with van der Waals surface area (Å²) in [7, 11) is 0. The highest BCUT2D eigenvalue weighted by atomic mass is 35.5. The summed E-state index contributed by atoms with van der Waals surface area (Å²) >= 11 is 5.92. The Labute approximate surface area is 144 Å². The molecule has 0 unspecified atom stereocenters. The summed E-state index contributed by atoms with van der Waals surface area (Å²) in [4.78, 5) is 22.3. The van der Waals surface area contributed by atoms with Crippen LogP contribution < -0.4 is 10.1 Å². The van der Waals surface area contributed by atoms with Gasteiger partial charge in [-0.3, -0.25) is 14.9 Å². The molecule has 0 aromatic heterocycles. The number of nitrogens with one attached hydrogen (secondary N) is 1. The first-order valence-corrected chi connectivity index (χ1v) is 7.68. The predicted molar refractivity (Wildman–Crippen MR) is 91.9 cm³/mol. The Morgan fingerprint density at radius 1 is 1.21 bits per heavy atom. The second kappa shape index (κ2) is 7.79. The Bertz CT molecular complexity index is 777. The van der Waals surface area contributed by atoms with Crippen LogP contribution in [0.3, 0.4) is 0 Å². The lowest BCUT2D eigenvalue weighted by atomic mass is 10.1. The molecule has 2 rings (SSSR count). The Morgan fingerprint density at radius 2 is 1.96 bits per heavy atom. The lowest BCUT2D eigenvalue weighted by molar-refractivity contribution is -0.384. The Morgan fingerprint density at radius 3 is 2.62 bits per heavy atom. The molecule has 24 heavy (non-hydrogen) atoms. The van der Waals surface area contributed by atoms with E-state index in [4.69, 9.17) is 16.3 Å². The number of hydrogen-bond acceptors (Lipinski definition) is 4. The normalized spacial score (nSPS) is 10.3. The maximum absolute atomic E-state index is 12.1. The summed E-state index contributed by atoms with van der Waals surface area (Å²) in [6.07, 6.45) is 0. The summed E-state index contributed by atoms with van der Waals surface area (Å²) in [5.74, 6) is 0.244. The van der Waals surface area contributed by atoms with Crippen molar-refractivity contribution < 1.29 is 14.5 Å². The highest BCUT2D eigenvalue weighted by Gasteiger charge is 2.15. The van der Waals surface area contributed by atoms with Gasteiger partial charge in [-0.25, -0.2) is 0 Å². The van der Waals surface area contributed by atoms with Crippen LogP contribution in [0.15, 0.2) is 36.4 Å². The smallest absolute Gasteiger partial charge is 0.270 e. The highest BCUT2D eigenvalue weighted by molar-refractivity contribution is 6.33.